The van der Waals surface area contributed by atoms with Crippen LogP contribution in [-0.2, 0) is 11.3 Å². The number of esters is 1. The maximum absolute atomic E-state index is 12.9. The van der Waals surface area contributed by atoms with Crippen LogP contribution in [-0.4, -0.2) is 18.5 Å². The van der Waals surface area contributed by atoms with Gasteiger partial charge in [-0.15, -0.1) is 0 Å². The second-order valence-electron chi connectivity index (χ2n) is 6.28. The van der Waals surface area contributed by atoms with Crippen LogP contribution in [0.3, 0.4) is 0 Å². The summed E-state index contributed by atoms with van der Waals surface area (Å²) in [6.07, 6.45) is 0. The normalized spacial score (nSPS) is 10.4. The van der Waals surface area contributed by atoms with Crippen molar-refractivity contribution < 1.29 is 19.1 Å². The molecule has 3 rings (SSSR count). The fourth-order valence-electron chi connectivity index (χ4n) is 2.71. The highest BCUT2D eigenvalue weighted by Crippen LogP contribution is 2.26. The van der Waals surface area contributed by atoms with E-state index in [0.717, 1.165) is 5.56 Å². The Balaban J connectivity index is 1.80. The Labute approximate surface area is 184 Å². The second-order valence-corrected chi connectivity index (χ2v) is 7.13. The molecule has 0 fully saturated rings. The molecule has 1 N–H and O–H groups in total. The predicted octanol–water partition coefficient (Wildman–Crippen LogP) is 6.00. The first-order valence-electron chi connectivity index (χ1n) is 9.22. The summed E-state index contributed by atoms with van der Waals surface area (Å²) in [4.78, 5) is 24.9. The minimum atomic E-state index is -0.562. The molecule has 3 aromatic rings. The van der Waals surface area contributed by atoms with Gasteiger partial charge in [0.05, 0.1) is 22.8 Å². The summed E-state index contributed by atoms with van der Waals surface area (Å²) >= 11 is 12.2. The molecule has 0 aliphatic rings. The number of rotatable bonds is 7. The van der Waals surface area contributed by atoms with E-state index < -0.39 is 11.9 Å². The maximum Gasteiger partial charge on any atom is 0.339 e. The second kappa shape index (κ2) is 10.1. The van der Waals surface area contributed by atoms with E-state index in [0.29, 0.717) is 23.1 Å². The average Bonchev–Trinajstić information content (AvgIpc) is 2.75. The van der Waals surface area contributed by atoms with Gasteiger partial charge in [-0.05, 0) is 48.9 Å². The van der Waals surface area contributed by atoms with Crippen molar-refractivity contribution in [2.45, 2.75) is 13.5 Å². The molecule has 0 spiro atoms. The van der Waals surface area contributed by atoms with E-state index in [-0.39, 0.29) is 22.8 Å². The number of benzene rings is 3. The van der Waals surface area contributed by atoms with Crippen LogP contribution in [0.25, 0.3) is 0 Å². The fourth-order valence-corrected chi connectivity index (χ4v) is 3.07. The van der Waals surface area contributed by atoms with Crippen molar-refractivity contribution in [3.63, 3.8) is 0 Å². The van der Waals surface area contributed by atoms with Gasteiger partial charge in [0.2, 0.25) is 0 Å². The van der Waals surface area contributed by atoms with Crippen molar-refractivity contribution >= 4 is 40.8 Å². The largest absolute Gasteiger partial charge is 0.488 e. The molecule has 0 saturated carbocycles. The number of ether oxygens (including phenoxy) is 2. The smallest absolute Gasteiger partial charge is 0.339 e. The number of hydrogen-bond donors (Lipinski definition) is 1. The lowest BCUT2D eigenvalue weighted by molar-refractivity contribution is 0.0526. The molecule has 30 heavy (non-hydrogen) atoms. The maximum atomic E-state index is 12.9. The van der Waals surface area contributed by atoms with E-state index in [1.165, 1.54) is 18.2 Å². The summed E-state index contributed by atoms with van der Waals surface area (Å²) < 4.78 is 10.8. The summed E-state index contributed by atoms with van der Waals surface area (Å²) in [5, 5.41) is 3.38. The summed E-state index contributed by atoms with van der Waals surface area (Å²) in [7, 11) is 0. The van der Waals surface area contributed by atoms with Crippen molar-refractivity contribution in [2.24, 2.45) is 0 Å². The van der Waals surface area contributed by atoms with Gasteiger partial charge in [-0.25, -0.2) is 4.79 Å². The number of hydrogen-bond acceptors (Lipinski definition) is 4. The minimum Gasteiger partial charge on any atom is -0.488 e. The number of amides is 1. The summed E-state index contributed by atoms with van der Waals surface area (Å²) in [5.74, 6) is -0.605. The summed E-state index contributed by atoms with van der Waals surface area (Å²) in [5.41, 5.74) is 1.80. The van der Waals surface area contributed by atoms with Gasteiger partial charge in [-0.1, -0.05) is 53.5 Å². The first-order valence-corrected chi connectivity index (χ1v) is 9.98. The number of carbonyl (C=O) groups is 2. The van der Waals surface area contributed by atoms with Gasteiger partial charge >= 0.3 is 5.97 Å². The van der Waals surface area contributed by atoms with Crippen molar-refractivity contribution in [2.75, 3.05) is 11.9 Å². The van der Waals surface area contributed by atoms with Crippen molar-refractivity contribution in [3.05, 3.63) is 93.5 Å². The number of halogens is 2. The molecule has 0 aliphatic carbocycles. The molecule has 0 heterocycles. The SMILES string of the molecule is CCOC(=O)c1cc(NC(=O)c2cc(Cl)ccc2OCc2ccccc2)ccc1Cl. The van der Waals surface area contributed by atoms with Crippen LogP contribution in [0.5, 0.6) is 5.75 Å². The van der Waals surface area contributed by atoms with Gasteiger partial charge in [0.25, 0.3) is 5.91 Å². The zero-order chi connectivity index (χ0) is 21.5. The van der Waals surface area contributed by atoms with Gasteiger partial charge < -0.3 is 14.8 Å². The van der Waals surface area contributed by atoms with Crippen LogP contribution < -0.4 is 10.1 Å². The minimum absolute atomic E-state index is 0.169. The Morgan fingerprint density at radius 3 is 2.43 bits per heavy atom. The van der Waals surface area contributed by atoms with E-state index in [1.807, 2.05) is 30.3 Å². The molecule has 0 saturated heterocycles. The summed E-state index contributed by atoms with van der Waals surface area (Å²) in [6.45, 7) is 2.22. The Kier molecular flexibility index (Phi) is 7.33. The van der Waals surface area contributed by atoms with Crippen LogP contribution >= 0.6 is 23.2 Å². The summed E-state index contributed by atoms with van der Waals surface area (Å²) in [6, 6.07) is 19.0. The molecule has 0 aromatic heterocycles. The van der Waals surface area contributed by atoms with Crippen molar-refractivity contribution in [1.29, 1.82) is 0 Å². The van der Waals surface area contributed by atoms with Gasteiger partial charge in [0.1, 0.15) is 12.4 Å². The van der Waals surface area contributed by atoms with E-state index in [2.05, 4.69) is 5.32 Å². The number of carbonyl (C=O) groups excluding carboxylic acids is 2. The van der Waals surface area contributed by atoms with Crippen LogP contribution in [0.15, 0.2) is 66.7 Å². The van der Waals surface area contributed by atoms with Gasteiger partial charge in [-0.2, -0.15) is 0 Å². The van der Waals surface area contributed by atoms with Gasteiger partial charge in [0, 0.05) is 10.7 Å². The Morgan fingerprint density at radius 2 is 1.70 bits per heavy atom. The third-order valence-corrected chi connectivity index (χ3v) is 4.71. The molecule has 3 aromatic carbocycles. The molecule has 0 unspecified atom stereocenters. The monoisotopic (exact) mass is 443 g/mol. The first-order chi connectivity index (χ1) is 14.5. The Hall–Kier alpha value is -3.02. The van der Waals surface area contributed by atoms with E-state index in [1.54, 1.807) is 25.1 Å². The molecule has 0 atom stereocenters. The van der Waals surface area contributed by atoms with Gasteiger partial charge in [-0.3, -0.25) is 4.79 Å². The first kappa shape index (κ1) is 21.7. The third kappa shape index (κ3) is 5.53. The zero-order valence-electron chi connectivity index (χ0n) is 16.2. The standard InChI is InChI=1S/C23H19Cl2NO4/c1-2-29-23(28)18-13-17(9-10-20(18)25)26-22(27)19-12-16(24)8-11-21(19)30-14-15-6-4-3-5-7-15/h3-13H,2,14H2,1H3,(H,26,27). The molecular weight excluding hydrogens is 425 g/mol. The average molecular weight is 444 g/mol. The molecule has 154 valence electrons. The molecule has 0 aliphatic heterocycles. The van der Waals surface area contributed by atoms with Gasteiger partial charge in [0.15, 0.2) is 0 Å². The highest BCUT2D eigenvalue weighted by Gasteiger charge is 2.17. The number of anilines is 1. The molecular formula is C23H19Cl2NO4. The highest BCUT2D eigenvalue weighted by molar-refractivity contribution is 6.33. The van der Waals surface area contributed by atoms with Crippen molar-refractivity contribution in [1.82, 2.24) is 0 Å². The molecule has 5 nitrogen and oxygen atoms in total. The molecule has 7 heteroatoms. The van der Waals surface area contributed by atoms with Crippen LogP contribution in [0.1, 0.15) is 33.2 Å². The zero-order valence-corrected chi connectivity index (χ0v) is 17.7. The van der Waals surface area contributed by atoms with Crippen LogP contribution in [0.4, 0.5) is 5.69 Å². The fraction of sp³-hybridized carbons (Fsp3) is 0.130. The Bertz CT molecular complexity index is 1050. The van der Waals surface area contributed by atoms with Crippen LogP contribution in [0, 0.1) is 0 Å². The lowest BCUT2D eigenvalue weighted by Crippen LogP contribution is -2.14. The molecule has 1 amide bonds. The van der Waals surface area contributed by atoms with E-state index in [4.69, 9.17) is 32.7 Å². The lowest BCUT2D eigenvalue weighted by Gasteiger charge is -2.13. The topological polar surface area (TPSA) is 64.6 Å². The quantitative estimate of drug-likeness (QED) is 0.454. The van der Waals surface area contributed by atoms with Crippen LogP contribution in [0.2, 0.25) is 10.0 Å². The molecule has 0 radical (unpaired) electrons. The third-order valence-electron chi connectivity index (χ3n) is 4.14. The van der Waals surface area contributed by atoms with E-state index in [9.17, 15) is 9.59 Å². The highest BCUT2D eigenvalue weighted by atomic mass is 35.5. The Morgan fingerprint density at radius 1 is 0.933 bits per heavy atom. The predicted molar refractivity (Wildman–Crippen MR) is 118 cm³/mol. The lowest BCUT2D eigenvalue weighted by atomic mass is 10.1. The van der Waals surface area contributed by atoms with E-state index >= 15 is 0 Å². The molecule has 0 bridgehead atoms. The number of nitrogens with one attached hydrogen (secondary N) is 1. The van der Waals surface area contributed by atoms with Crippen molar-refractivity contribution in [3.8, 4) is 5.75 Å².